The molecule has 1 aliphatic rings. The van der Waals surface area contributed by atoms with Gasteiger partial charge in [-0.2, -0.15) is 0 Å². The highest BCUT2D eigenvalue weighted by Crippen LogP contribution is 2.47. The summed E-state index contributed by atoms with van der Waals surface area (Å²) in [5, 5.41) is 0.655. The Morgan fingerprint density at radius 3 is 2.30 bits per heavy atom. The molecule has 0 aromatic heterocycles. The summed E-state index contributed by atoms with van der Waals surface area (Å²) in [7, 11) is 1.36. The van der Waals surface area contributed by atoms with Crippen molar-refractivity contribution in [3.8, 4) is 0 Å². The number of methoxy groups -OCH3 is 1. The van der Waals surface area contributed by atoms with Gasteiger partial charge in [-0.1, -0.05) is 74.8 Å². The first-order valence-corrected chi connectivity index (χ1v) is 11.2. The normalized spacial score (nSPS) is 14.8. The third-order valence-corrected chi connectivity index (χ3v) is 6.00. The molecule has 0 unspecified atom stereocenters. The molecule has 0 spiro atoms. The lowest BCUT2D eigenvalue weighted by molar-refractivity contribution is -0.113. The second-order valence-electron chi connectivity index (χ2n) is 9.11. The molecule has 0 atom stereocenters. The van der Waals surface area contributed by atoms with Crippen LogP contribution in [0.15, 0.2) is 72.8 Å². The second-order valence-corrected chi connectivity index (χ2v) is 9.54. The van der Waals surface area contributed by atoms with Gasteiger partial charge in [0, 0.05) is 10.6 Å². The van der Waals surface area contributed by atoms with Gasteiger partial charge in [-0.15, -0.1) is 0 Å². The Bertz CT molecular complexity index is 1250. The zero-order chi connectivity index (χ0) is 23.8. The summed E-state index contributed by atoms with van der Waals surface area (Å²) >= 11 is 6.13. The molecule has 5 heteroatoms. The Hall–Kier alpha value is -3.37. The lowest BCUT2D eigenvalue weighted by Gasteiger charge is -2.26. The quantitative estimate of drug-likeness (QED) is 0.325. The summed E-state index contributed by atoms with van der Waals surface area (Å²) in [6.07, 6.45) is 0. The first-order chi connectivity index (χ1) is 15.7. The highest BCUT2D eigenvalue weighted by molar-refractivity contribution is 6.38. The first kappa shape index (κ1) is 22.8. The topological polar surface area (TPSA) is 46.6 Å². The lowest BCUT2D eigenvalue weighted by atomic mass is 9.78. The van der Waals surface area contributed by atoms with Crippen LogP contribution in [0.1, 0.15) is 47.8 Å². The smallest absolute Gasteiger partial charge is 0.337 e. The predicted octanol–water partition coefficient (Wildman–Crippen LogP) is 6.63. The number of benzene rings is 3. The maximum absolute atomic E-state index is 13.9. The minimum atomic E-state index is -0.400. The maximum atomic E-state index is 13.9. The number of para-hydroxylation sites is 1. The number of halogens is 1. The Morgan fingerprint density at radius 2 is 1.64 bits per heavy atom. The SMILES string of the molecule is COC(=O)c1cccc(CN2C(=O)/C(=C(\c3ccc(Cl)cc3)C(C)(C)C)c3ccccc32)c1. The zero-order valence-corrected chi connectivity index (χ0v) is 19.9. The van der Waals surface area contributed by atoms with E-state index in [0.29, 0.717) is 22.7 Å². The van der Waals surface area contributed by atoms with Crippen LogP contribution in [0.3, 0.4) is 0 Å². The number of ether oxygens (including phenoxy) is 1. The standard InChI is InChI=1S/C28H26ClNO3/c1-28(2,3)25(19-12-14-21(29)15-13-19)24-22-10-5-6-11-23(22)30(26(24)31)17-18-8-7-9-20(16-18)27(32)33-4/h5-16H,17H2,1-4H3/b25-24+. The van der Waals surface area contributed by atoms with Crippen molar-refractivity contribution in [2.45, 2.75) is 27.3 Å². The van der Waals surface area contributed by atoms with E-state index in [4.69, 9.17) is 16.3 Å². The Morgan fingerprint density at radius 1 is 0.939 bits per heavy atom. The molecule has 0 bridgehead atoms. The Kier molecular flexibility index (Phi) is 6.13. The molecule has 3 aromatic carbocycles. The molecule has 33 heavy (non-hydrogen) atoms. The summed E-state index contributed by atoms with van der Waals surface area (Å²) in [5.74, 6) is -0.456. The number of carbonyl (C=O) groups excluding carboxylic acids is 2. The van der Waals surface area contributed by atoms with Crippen LogP contribution >= 0.6 is 11.6 Å². The van der Waals surface area contributed by atoms with Crippen molar-refractivity contribution in [2.75, 3.05) is 12.0 Å². The summed E-state index contributed by atoms with van der Waals surface area (Å²) in [6.45, 7) is 6.69. The van der Waals surface area contributed by atoms with Crippen LogP contribution in [0.2, 0.25) is 5.02 Å². The number of carbonyl (C=O) groups is 2. The van der Waals surface area contributed by atoms with Gasteiger partial charge < -0.3 is 9.64 Å². The highest BCUT2D eigenvalue weighted by atomic mass is 35.5. The molecule has 0 saturated carbocycles. The van der Waals surface area contributed by atoms with Crippen LogP contribution in [0.5, 0.6) is 0 Å². The van der Waals surface area contributed by atoms with E-state index in [0.717, 1.165) is 28.0 Å². The molecule has 1 amide bonds. The molecule has 4 rings (SSSR count). The molecule has 0 N–H and O–H groups in total. The fraction of sp³-hybridized carbons (Fsp3) is 0.214. The van der Waals surface area contributed by atoms with Gasteiger partial charge in [0.1, 0.15) is 0 Å². The molecule has 1 aliphatic heterocycles. The van der Waals surface area contributed by atoms with Crippen LogP contribution < -0.4 is 4.90 Å². The number of hydrogen-bond acceptors (Lipinski definition) is 3. The number of rotatable bonds is 4. The van der Waals surface area contributed by atoms with Crippen LogP contribution in [0.25, 0.3) is 11.1 Å². The number of anilines is 1. The van der Waals surface area contributed by atoms with Crippen LogP contribution in [-0.2, 0) is 16.1 Å². The van der Waals surface area contributed by atoms with Crippen molar-refractivity contribution in [3.05, 3.63) is 100 Å². The maximum Gasteiger partial charge on any atom is 0.337 e. The number of fused-ring (bicyclic) bond motifs is 1. The molecule has 0 radical (unpaired) electrons. The van der Waals surface area contributed by atoms with E-state index in [2.05, 4.69) is 20.8 Å². The average Bonchev–Trinajstić information content (AvgIpc) is 3.05. The highest BCUT2D eigenvalue weighted by Gasteiger charge is 2.37. The van der Waals surface area contributed by atoms with E-state index in [9.17, 15) is 9.59 Å². The van der Waals surface area contributed by atoms with Gasteiger partial charge in [0.15, 0.2) is 0 Å². The molecular formula is C28H26ClNO3. The van der Waals surface area contributed by atoms with E-state index < -0.39 is 5.97 Å². The van der Waals surface area contributed by atoms with Gasteiger partial charge in [0.25, 0.3) is 5.91 Å². The molecule has 0 saturated heterocycles. The van der Waals surface area contributed by atoms with Gasteiger partial charge in [0.2, 0.25) is 0 Å². The third kappa shape index (κ3) is 4.44. The van der Waals surface area contributed by atoms with Crippen molar-refractivity contribution in [3.63, 3.8) is 0 Å². The number of nitrogens with zero attached hydrogens (tertiary/aromatic N) is 1. The minimum Gasteiger partial charge on any atom is -0.465 e. The van der Waals surface area contributed by atoms with E-state index >= 15 is 0 Å². The lowest BCUT2D eigenvalue weighted by Crippen LogP contribution is -2.27. The van der Waals surface area contributed by atoms with Crippen molar-refractivity contribution < 1.29 is 14.3 Å². The van der Waals surface area contributed by atoms with Gasteiger partial charge in [-0.05, 0) is 52.4 Å². The first-order valence-electron chi connectivity index (χ1n) is 10.8. The summed E-state index contributed by atoms with van der Waals surface area (Å²) in [6, 6.07) is 22.7. The molecule has 4 nitrogen and oxygen atoms in total. The molecule has 0 aliphatic carbocycles. The van der Waals surface area contributed by atoms with Crippen molar-refractivity contribution in [1.82, 2.24) is 0 Å². The van der Waals surface area contributed by atoms with Gasteiger partial charge in [0.05, 0.1) is 30.5 Å². The van der Waals surface area contributed by atoms with E-state index in [1.54, 1.807) is 23.1 Å². The number of amides is 1. The van der Waals surface area contributed by atoms with E-state index in [-0.39, 0.29) is 11.3 Å². The predicted molar refractivity (Wildman–Crippen MR) is 133 cm³/mol. The third-order valence-electron chi connectivity index (χ3n) is 5.74. The number of esters is 1. The minimum absolute atomic E-state index is 0.0560. The summed E-state index contributed by atoms with van der Waals surface area (Å²) < 4.78 is 4.85. The fourth-order valence-electron chi connectivity index (χ4n) is 4.34. The molecule has 1 heterocycles. The van der Waals surface area contributed by atoms with Crippen LogP contribution in [0.4, 0.5) is 5.69 Å². The Labute approximate surface area is 199 Å². The molecular weight excluding hydrogens is 434 g/mol. The molecule has 3 aromatic rings. The summed E-state index contributed by atoms with van der Waals surface area (Å²) in [4.78, 5) is 27.7. The number of hydrogen-bond donors (Lipinski definition) is 0. The van der Waals surface area contributed by atoms with Crippen LogP contribution in [0, 0.1) is 5.41 Å². The van der Waals surface area contributed by atoms with Gasteiger partial charge in [-0.25, -0.2) is 4.79 Å². The number of allylic oxidation sites excluding steroid dienone is 1. The van der Waals surface area contributed by atoms with Crippen molar-refractivity contribution in [1.29, 1.82) is 0 Å². The molecule has 168 valence electrons. The average molecular weight is 460 g/mol. The fourth-order valence-corrected chi connectivity index (χ4v) is 4.47. The zero-order valence-electron chi connectivity index (χ0n) is 19.2. The van der Waals surface area contributed by atoms with E-state index in [1.807, 2.05) is 54.6 Å². The summed E-state index contributed by atoms with van der Waals surface area (Å²) in [5.41, 5.74) is 5.44. The largest absolute Gasteiger partial charge is 0.465 e. The van der Waals surface area contributed by atoms with E-state index in [1.165, 1.54) is 7.11 Å². The van der Waals surface area contributed by atoms with Crippen LogP contribution in [-0.4, -0.2) is 19.0 Å². The van der Waals surface area contributed by atoms with Crippen molar-refractivity contribution in [2.24, 2.45) is 5.41 Å². The monoisotopic (exact) mass is 459 g/mol. The Balaban J connectivity index is 1.85. The van der Waals surface area contributed by atoms with Gasteiger partial charge in [-0.3, -0.25) is 4.79 Å². The van der Waals surface area contributed by atoms with Gasteiger partial charge >= 0.3 is 5.97 Å². The second kappa shape index (κ2) is 8.87. The van der Waals surface area contributed by atoms with Crippen molar-refractivity contribution >= 4 is 40.3 Å². The molecule has 0 fully saturated rings.